The van der Waals surface area contributed by atoms with Crippen molar-refractivity contribution in [2.45, 2.75) is 39.5 Å². The van der Waals surface area contributed by atoms with Crippen LogP contribution in [0, 0.1) is 6.92 Å². The summed E-state index contributed by atoms with van der Waals surface area (Å²) in [7, 11) is 0. The van der Waals surface area contributed by atoms with Crippen LogP contribution in [0.2, 0.25) is 0 Å². The number of aliphatic hydroxyl groups excluding tert-OH is 1. The van der Waals surface area contributed by atoms with Crippen LogP contribution >= 0.6 is 11.3 Å². The maximum absolute atomic E-state index is 12.7. The van der Waals surface area contributed by atoms with Gasteiger partial charge in [-0.15, -0.1) is 11.3 Å². The quantitative estimate of drug-likeness (QED) is 0.591. The van der Waals surface area contributed by atoms with Crippen LogP contribution in [0.15, 0.2) is 35.7 Å². The largest absolute Gasteiger partial charge is 0.394 e. The molecule has 2 N–H and O–H groups in total. The SMILES string of the molecule is CC[C@@H](CO)N(Cc1cccs1)C(=O)COCc1nc2ccc(C)cc2[nH]1. The van der Waals surface area contributed by atoms with Crippen LogP contribution in [0.1, 0.15) is 29.6 Å². The average Bonchev–Trinajstić information content (AvgIpc) is 3.30. The summed E-state index contributed by atoms with van der Waals surface area (Å²) >= 11 is 1.60. The van der Waals surface area contributed by atoms with Crippen molar-refractivity contribution in [3.8, 4) is 0 Å². The van der Waals surface area contributed by atoms with E-state index in [9.17, 15) is 9.90 Å². The molecule has 0 saturated carbocycles. The second-order valence-corrected chi connectivity index (χ2v) is 7.57. The molecule has 0 spiro atoms. The number of aromatic nitrogens is 2. The van der Waals surface area contributed by atoms with Crippen LogP contribution < -0.4 is 0 Å². The summed E-state index contributed by atoms with van der Waals surface area (Å²) in [5.74, 6) is 0.568. The van der Waals surface area contributed by atoms with Crippen molar-refractivity contribution in [3.05, 3.63) is 52.0 Å². The highest BCUT2D eigenvalue weighted by molar-refractivity contribution is 7.09. The Morgan fingerprint density at radius 3 is 2.96 bits per heavy atom. The van der Waals surface area contributed by atoms with Gasteiger partial charge in [0.1, 0.15) is 19.0 Å². The maximum atomic E-state index is 12.7. The topological polar surface area (TPSA) is 78.4 Å². The first-order valence-corrected chi connectivity index (χ1v) is 9.94. The van der Waals surface area contributed by atoms with Gasteiger partial charge in [0.15, 0.2) is 0 Å². The minimum absolute atomic E-state index is 0.0437. The molecule has 3 aromatic rings. The van der Waals surface area contributed by atoms with Crippen LogP contribution in [0.5, 0.6) is 0 Å². The first-order valence-electron chi connectivity index (χ1n) is 9.06. The fourth-order valence-electron chi connectivity index (χ4n) is 3.00. The predicted molar refractivity (Wildman–Crippen MR) is 107 cm³/mol. The van der Waals surface area contributed by atoms with E-state index in [2.05, 4.69) is 9.97 Å². The number of imidazole rings is 1. The molecule has 0 bridgehead atoms. The fraction of sp³-hybridized carbons (Fsp3) is 0.400. The Morgan fingerprint density at radius 2 is 2.26 bits per heavy atom. The van der Waals surface area contributed by atoms with Crippen molar-refractivity contribution in [1.82, 2.24) is 14.9 Å². The summed E-state index contributed by atoms with van der Waals surface area (Å²) in [4.78, 5) is 23.2. The van der Waals surface area contributed by atoms with Crippen molar-refractivity contribution >= 4 is 28.3 Å². The second-order valence-electron chi connectivity index (χ2n) is 6.54. The Balaban J connectivity index is 1.60. The van der Waals surface area contributed by atoms with E-state index in [4.69, 9.17) is 4.74 Å². The smallest absolute Gasteiger partial charge is 0.249 e. The third-order valence-electron chi connectivity index (χ3n) is 4.50. The molecule has 2 heterocycles. The van der Waals surface area contributed by atoms with E-state index in [1.54, 1.807) is 16.2 Å². The van der Waals surface area contributed by atoms with E-state index in [1.165, 1.54) is 0 Å². The summed E-state index contributed by atoms with van der Waals surface area (Å²) in [6.45, 7) is 4.62. The number of hydrogen-bond donors (Lipinski definition) is 2. The van der Waals surface area contributed by atoms with Gasteiger partial charge in [0.25, 0.3) is 0 Å². The van der Waals surface area contributed by atoms with E-state index >= 15 is 0 Å². The molecule has 0 radical (unpaired) electrons. The van der Waals surface area contributed by atoms with E-state index in [0.29, 0.717) is 18.8 Å². The van der Waals surface area contributed by atoms with E-state index in [-0.39, 0.29) is 31.8 Å². The third kappa shape index (κ3) is 4.94. The number of carbonyl (C=O) groups excluding carboxylic acids is 1. The minimum Gasteiger partial charge on any atom is -0.394 e. The van der Waals surface area contributed by atoms with Gasteiger partial charge in [-0.2, -0.15) is 0 Å². The van der Waals surface area contributed by atoms with Crippen LogP contribution in [-0.4, -0.2) is 45.1 Å². The highest BCUT2D eigenvalue weighted by atomic mass is 32.1. The number of aryl methyl sites for hydroxylation is 1. The van der Waals surface area contributed by atoms with Crippen molar-refractivity contribution in [2.24, 2.45) is 0 Å². The monoisotopic (exact) mass is 387 g/mol. The number of fused-ring (bicyclic) bond motifs is 1. The van der Waals surface area contributed by atoms with E-state index in [0.717, 1.165) is 21.5 Å². The molecule has 1 amide bonds. The van der Waals surface area contributed by atoms with Crippen LogP contribution in [0.3, 0.4) is 0 Å². The molecule has 1 aromatic carbocycles. The lowest BCUT2D eigenvalue weighted by Crippen LogP contribution is -2.43. The van der Waals surface area contributed by atoms with Crippen molar-refractivity contribution in [3.63, 3.8) is 0 Å². The number of H-pyrrole nitrogens is 1. The van der Waals surface area contributed by atoms with Gasteiger partial charge >= 0.3 is 0 Å². The lowest BCUT2D eigenvalue weighted by atomic mass is 10.2. The minimum atomic E-state index is -0.211. The molecule has 27 heavy (non-hydrogen) atoms. The number of hydrogen-bond acceptors (Lipinski definition) is 5. The first kappa shape index (κ1) is 19.5. The summed E-state index contributed by atoms with van der Waals surface area (Å²) in [6, 6.07) is 9.75. The van der Waals surface area contributed by atoms with Crippen LogP contribution in [0.4, 0.5) is 0 Å². The molecule has 7 heteroatoms. The molecule has 0 aliphatic carbocycles. The third-order valence-corrected chi connectivity index (χ3v) is 5.36. The zero-order valence-electron chi connectivity index (χ0n) is 15.6. The van der Waals surface area contributed by atoms with Crippen LogP contribution in [-0.2, 0) is 22.7 Å². The number of carbonyl (C=O) groups is 1. The number of aliphatic hydroxyl groups is 1. The molecular weight excluding hydrogens is 362 g/mol. The van der Waals surface area contributed by atoms with E-state index in [1.807, 2.05) is 49.6 Å². The summed E-state index contributed by atoms with van der Waals surface area (Å²) in [5, 5.41) is 11.6. The molecule has 1 atom stereocenters. The number of aromatic amines is 1. The summed E-state index contributed by atoms with van der Waals surface area (Å²) < 4.78 is 5.62. The van der Waals surface area contributed by atoms with Gasteiger partial charge in [-0.25, -0.2) is 4.98 Å². The molecule has 144 valence electrons. The van der Waals surface area contributed by atoms with Gasteiger partial charge in [0.05, 0.1) is 30.2 Å². The van der Waals surface area contributed by atoms with E-state index < -0.39 is 0 Å². The molecule has 6 nitrogen and oxygen atoms in total. The van der Waals surface area contributed by atoms with Gasteiger partial charge < -0.3 is 19.7 Å². The van der Waals surface area contributed by atoms with Gasteiger partial charge in [-0.3, -0.25) is 4.79 Å². The average molecular weight is 388 g/mol. The van der Waals surface area contributed by atoms with Crippen molar-refractivity contribution in [2.75, 3.05) is 13.2 Å². The molecule has 0 aliphatic rings. The molecule has 3 rings (SSSR count). The number of nitrogens with zero attached hydrogens (tertiary/aromatic N) is 2. The molecule has 0 aliphatic heterocycles. The number of benzene rings is 1. The number of thiophene rings is 1. The zero-order chi connectivity index (χ0) is 19.2. The Kier molecular flexibility index (Phi) is 6.60. The lowest BCUT2D eigenvalue weighted by molar-refractivity contribution is -0.140. The highest BCUT2D eigenvalue weighted by Crippen LogP contribution is 2.17. The van der Waals surface area contributed by atoms with Gasteiger partial charge in [-0.1, -0.05) is 19.1 Å². The number of rotatable bonds is 9. The van der Waals surface area contributed by atoms with Crippen molar-refractivity contribution in [1.29, 1.82) is 0 Å². The first-order chi connectivity index (χ1) is 13.1. The molecular formula is C20H25N3O3S. The lowest BCUT2D eigenvalue weighted by Gasteiger charge is -2.29. The normalized spacial score (nSPS) is 12.4. The molecule has 0 fully saturated rings. The standard InChI is InChI=1S/C20H25N3O3S/c1-3-15(11-24)23(10-16-5-4-8-27-16)20(25)13-26-12-19-21-17-7-6-14(2)9-18(17)22-19/h4-9,15,24H,3,10-13H2,1-2H3,(H,21,22)/t15-/m0/s1. The van der Waals surface area contributed by atoms with Gasteiger partial charge in [0, 0.05) is 4.88 Å². The predicted octanol–water partition coefficient (Wildman–Crippen LogP) is 3.25. The number of ether oxygens (including phenoxy) is 1. The number of nitrogens with one attached hydrogen (secondary N) is 1. The van der Waals surface area contributed by atoms with Gasteiger partial charge in [0.2, 0.25) is 5.91 Å². The van der Waals surface area contributed by atoms with Crippen molar-refractivity contribution < 1.29 is 14.6 Å². The molecule has 2 aromatic heterocycles. The number of amides is 1. The fourth-order valence-corrected chi connectivity index (χ4v) is 3.70. The summed E-state index contributed by atoms with van der Waals surface area (Å²) in [6.07, 6.45) is 0.691. The molecule has 0 unspecified atom stereocenters. The van der Waals surface area contributed by atoms with Crippen LogP contribution in [0.25, 0.3) is 11.0 Å². The Bertz CT molecular complexity index is 872. The molecule has 0 saturated heterocycles. The Hall–Kier alpha value is -2.22. The van der Waals surface area contributed by atoms with Gasteiger partial charge in [-0.05, 0) is 42.5 Å². The maximum Gasteiger partial charge on any atom is 0.249 e. The Labute approximate surface area is 162 Å². The zero-order valence-corrected chi connectivity index (χ0v) is 16.5. The summed E-state index contributed by atoms with van der Waals surface area (Å²) in [5.41, 5.74) is 3.01. The Morgan fingerprint density at radius 1 is 1.41 bits per heavy atom. The second kappa shape index (κ2) is 9.12. The highest BCUT2D eigenvalue weighted by Gasteiger charge is 2.22.